The largest absolute Gasteiger partial charge is 0.383 e. The second kappa shape index (κ2) is 6.70. The Bertz CT molecular complexity index is 844. The molecule has 0 aliphatic heterocycles. The maximum Gasteiger partial charge on any atom is 0.229 e. The van der Waals surface area contributed by atoms with Gasteiger partial charge < -0.3 is 15.4 Å². The Hall–Kier alpha value is -2.26. The number of thiazole rings is 1. The fourth-order valence-electron chi connectivity index (χ4n) is 2.42. The zero-order chi connectivity index (χ0) is 17.3. The van der Waals surface area contributed by atoms with Crippen LogP contribution in [-0.4, -0.2) is 38.4 Å². The van der Waals surface area contributed by atoms with Gasteiger partial charge in [0, 0.05) is 26.1 Å². The van der Waals surface area contributed by atoms with Gasteiger partial charge in [-0.2, -0.15) is 15.1 Å². The van der Waals surface area contributed by atoms with Gasteiger partial charge in [0.15, 0.2) is 5.65 Å². The van der Waals surface area contributed by atoms with Crippen LogP contribution < -0.4 is 10.6 Å². The van der Waals surface area contributed by atoms with Gasteiger partial charge in [0.25, 0.3) is 0 Å². The molecule has 3 aromatic heterocycles. The zero-order valence-corrected chi connectivity index (χ0v) is 15.0. The molecule has 24 heavy (non-hydrogen) atoms. The summed E-state index contributed by atoms with van der Waals surface area (Å²) >= 11 is 1.60. The Kier molecular flexibility index (Phi) is 4.63. The summed E-state index contributed by atoms with van der Waals surface area (Å²) in [4.78, 5) is 15.5. The van der Waals surface area contributed by atoms with Gasteiger partial charge in [-0.05, 0) is 13.8 Å². The first-order chi connectivity index (χ1) is 11.5. The lowest BCUT2D eigenvalue weighted by Gasteiger charge is -2.16. The maximum atomic E-state index is 6.02. The molecule has 0 radical (unpaired) electrons. The number of nitrogen functional groups attached to an aromatic ring is 1. The molecule has 3 heterocycles. The third-order valence-electron chi connectivity index (χ3n) is 3.68. The highest BCUT2D eigenvalue weighted by Gasteiger charge is 2.15. The summed E-state index contributed by atoms with van der Waals surface area (Å²) in [6.07, 6.45) is 1.69. The number of anilines is 2. The molecule has 3 rings (SSSR count). The molecule has 0 saturated heterocycles. The molecular formula is C15H21N7OS. The Morgan fingerprint density at radius 1 is 1.38 bits per heavy atom. The number of hydrogen-bond donors (Lipinski definition) is 1. The fraction of sp³-hybridized carbons (Fsp3) is 0.467. The van der Waals surface area contributed by atoms with E-state index in [0.717, 1.165) is 16.1 Å². The van der Waals surface area contributed by atoms with E-state index < -0.39 is 0 Å². The van der Waals surface area contributed by atoms with E-state index in [0.29, 0.717) is 30.6 Å². The van der Waals surface area contributed by atoms with Gasteiger partial charge in [-0.15, -0.1) is 11.3 Å². The Morgan fingerprint density at radius 2 is 2.17 bits per heavy atom. The van der Waals surface area contributed by atoms with Crippen LogP contribution in [0.4, 0.5) is 11.8 Å². The lowest BCUT2D eigenvalue weighted by atomic mass is 10.4. The molecule has 3 aromatic rings. The van der Waals surface area contributed by atoms with Gasteiger partial charge >= 0.3 is 0 Å². The molecule has 1 atom stereocenters. The molecule has 0 saturated carbocycles. The van der Waals surface area contributed by atoms with Crippen molar-refractivity contribution in [3.8, 4) is 0 Å². The summed E-state index contributed by atoms with van der Waals surface area (Å²) in [5.41, 5.74) is 7.69. The zero-order valence-electron chi connectivity index (χ0n) is 14.2. The van der Waals surface area contributed by atoms with Crippen molar-refractivity contribution in [1.82, 2.24) is 24.7 Å². The number of ether oxygens (including phenoxy) is 1. The van der Waals surface area contributed by atoms with Crippen LogP contribution >= 0.6 is 11.3 Å². The van der Waals surface area contributed by atoms with Crippen LogP contribution in [0.2, 0.25) is 0 Å². The van der Waals surface area contributed by atoms with Crippen molar-refractivity contribution in [2.24, 2.45) is 7.05 Å². The number of hydrogen-bond acceptors (Lipinski definition) is 8. The van der Waals surface area contributed by atoms with E-state index in [2.05, 4.69) is 20.1 Å². The molecule has 1 unspecified atom stereocenters. The lowest BCUT2D eigenvalue weighted by Crippen LogP contribution is -2.20. The van der Waals surface area contributed by atoms with E-state index in [1.165, 1.54) is 0 Å². The van der Waals surface area contributed by atoms with Crippen LogP contribution in [0.5, 0.6) is 0 Å². The number of fused-ring (bicyclic) bond motifs is 1. The topological polar surface area (TPSA) is 95.0 Å². The van der Waals surface area contributed by atoms with Crippen molar-refractivity contribution >= 4 is 34.1 Å². The van der Waals surface area contributed by atoms with Crippen molar-refractivity contribution in [1.29, 1.82) is 0 Å². The quantitative estimate of drug-likeness (QED) is 0.730. The second-order valence-electron chi connectivity index (χ2n) is 5.55. The minimum absolute atomic E-state index is 0.0109. The molecular weight excluding hydrogens is 326 g/mol. The van der Waals surface area contributed by atoms with E-state index in [9.17, 15) is 0 Å². The van der Waals surface area contributed by atoms with Gasteiger partial charge in [-0.3, -0.25) is 4.68 Å². The number of aryl methyl sites for hydroxylation is 1. The number of rotatable bonds is 6. The van der Waals surface area contributed by atoms with Gasteiger partial charge in [0.2, 0.25) is 5.95 Å². The Balaban J connectivity index is 1.80. The first-order valence-corrected chi connectivity index (χ1v) is 8.59. The van der Waals surface area contributed by atoms with Crippen LogP contribution in [0.15, 0.2) is 11.6 Å². The third-order valence-corrected chi connectivity index (χ3v) is 4.74. The second-order valence-corrected chi connectivity index (χ2v) is 6.43. The van der Waals surface area contributed by atoms with E-state index in [4.69, 9.17) is 10.5 Å². The van der Waals surface area contributed by atoms with Gasteiger partial charge in [-0.25, -0.2) is 4.98 Å². The van der Waals surface area contributed by atoms with Gasteiger partial charge in [-0.1, -0.05) is 0 Å². The van der Waals surface area contributed by atoms with Crippen molar-refractivity contribution in [3.63, 3.8) is 0 Å². The smallest absolute Gasteiger partial charge is 0.229 e. The van der Waals surface area contributed by atoms with E-state index in [-0.39, 0.29) is 6.10 Å². The van der Waals surface area contributed by atoms with Crippen molar-refractivity contribution in [2.75, 3.05) is 24.3 Å². The van der Waals surface area contributed by atoms with Crippen molar-refractivity contribution < 1.29 is 4.74 Å². The Morgan fingerprint density at radius 3 is 2.92 bits per heavy atom. The standard InChI is InChI=1S/C15H21N7OS/c1-5-23-9(2)14-18-10(8-24-14)7-21(3)15-19-12(16)11-6-17-22(4)13(11)20-15/h6,8-9H,5,7H2,1-4H3,(H2,16,19,20). The highest BCUT2D eigenvalue weighted by Crippen LogP contribution is 2.24. The molecule has 9 heteroatoms. The summed E-state index contributed by atoms with van der Waals surface area (Å²) in [7, 11) is 3.75. The molecule has 0 fully saturated rings. The SMILES string of the molecule is CCOC(C)c1nc(CN(C)c2nc(N)c3cnn(C)c3n2)cs1. The summed E-state index contributed by atoms with van der Waals surface area (Å²) in [5, 5.41) is 7.94. The van der Waals surface area contributed by atoms with Crippen LogP contribution in [0, 0.1) is 0 Å². The normalized spacial score (nSPS) is 12.7. The van der Waals surface area contributed by atoms with E-state index in [1.807, 2.05) is 38.2 Å². The summed E-state index contributed by atoms with van der Waals surface area (Å²) in [6, 6.07) is 0. The summed E-state index contributed by atoms with van der Waals surface area (Å²) in [6.45, 7) is 5.26. The highest BCUT2D eigenvalue weighted by molar-refractivity contribution is 7.09. The Labute approximate surface area is 144 Å². The third kappa shape index (κ3) is 3.17. The molecule has 0 aliphatic rings. The van der Waals surface area contributed by atoms with E-state index >= 15 is 0 Å². The average molecular weight is 347 g/mol. The van der Waals surface area contributed by atoms with Crippen LogP contribution in [0.3, 0.4) is 0 Å². The van der Waals surface area contributed by atoms with Gasteiger partial charge in [0.05, 0.1) is 23.8 Å². The molecule has 0 aliphatic carbocycles. The monoisotopic (exact) mass is 347 g/mol. The molecule has 0 bridgehead atoms. The predicted molar refractivity (Wildman–Crippen MR) is 95.0 cm³/mol. The van der Waals surface area contributed by atoms with Crippen molar-refractivity contribution in [2.45, 2.75) is 26.5 Å². The first-order valence-electron chi connectivity index (χ1n) is 7.71. The number of aromatic nitrogens is 5. The maximum absolute atomic E-state index is 6.02. The molecule has 0 amide bonds. The molecule has 128 valence electrons. The average Bonchev–Trinajstić information content (AvgIpc) is 3.15. The number of nitrogens with two attached hydrogens (primary N) is 1. The van der Waals surface area contributed by atoms with Crippen LogP contribution in [0.1, 0.15) is 30.7 Å². The lowest BCUT2D eigenvalue weighted by molar-refractivity contribution is 0.0761. The van der Waals surface area contributed by atoms with Crippen LogP contribution in [-0.2, 0) is 18.3 Å². The molecule has 8 nitrogen and oxygen atoms in total. The molecule has 0 aromatic carbocycles. The number of nitrogens with zero attached hydrogens (tertiary/aromatic N) is 6. The fourth-order valence-corrected chi connectivity index (χ4v) is 3.23. The predicted octanol–water partition coefficient (Wildman–Crippen LogP) is 2.14. The summed E-state index contributed by atoms with van der Waals surface area (Å²) < 4.78 is 7.27. The summed E-state index contributed by atoms with van der Waals surface area (Å²) in [5.74, 6) is 0.981. The van der Waals surface area contributed by atoms with E-state index in [1.54, 1.807) is 22.2 Å². The molecule has 2 N–H and O–H groups in total. The minimum atomic E-state index is 0.0109. The first kappa shape index (κ1) is 16.6. The minimum Gasteiger partial charge on any atom is -0.383 e. The van der Waals surface area contributed by atoms with Crippen molar-refractivity contribution in [3.05, 3.63) is 22.3 Å². The molecule has 0 spiro atoms. The van der Waals surface area contributed by atoms with Crippen LogP contribution in [0.25, 0.3) is 11.0 Å². The highest BCUT2D eigenvalue weighted by atomic mass is 32.1. The van der Waals surface area contributed by atoms with Gasteiger partial charge in [0.1, 0.15) is 16.9 Å².